The van der Waals surface area contributed by atoms with Crippen LogP contribution in [0.15, 0.2) is 30.3 Å². The molecule has 2 saturated heterocycles. The third kappa shape index (κ3) is 1.76. The molecule has 1 N–H and O–H groups in total. The van der Waals surface area contributed by atoms with Crippen molar-refractivity contribution in [3.05, 3.63) is 35.9 Å². The van der Waals surface area contributed by atoms with Gasteiger partial charge in [0.05, 0.1) is 0 Å². The molecule has 1 atom stereocenters. The van der Waals surface area contributed by atoms with Crippen LogP contribution in [0.25, 0.3) is 0 Å². The molecule has 3 rings (SSSR count). The van der Waals surface area contributed by atoms with Crippen LogP contribution in [0.2, 0.25) is 0 Å². The maximum atomic E-state index is 3.53. The summed E-state index contributed by atoms with van der Waals surface area (Å²) >= 11 is 0. The number of nitrogens with one attached hydrogen (secondary N) is 1. The highest BCUT2D eigenvalue weighted by molar-refractivity contribution is 5.16. The summed E-state index contributed by atoms with van der Waals surface area (Å²) in [7, 11) is 0. The number of likely N-dealkylation sites (tertiary alicyclic amines) is 1. The minimum absolute atomic E-state index is 0.482. The van der Waals surface area contributed by atoms with Crippen molar-refractivity contribution >= 4 is 0 Å². The van der Waals surface area contributed by atoms with Gasteiger partial charge in [0.25, 0.3) is 0 Å². The molecule has 0 aliphatic carbocycles. The zero-order valence-electron chi connectivity index (χ0n) is 9.78. The van der Waals surface area contributed by atoms with Crippen molar-refractivity contribution in [1.82, 2.24) is 10.2 Å². The van der Waals surface area contributed by atoms with Crippen LogP contribution in [0.1, 0.15) is 24.8 Å². The van der Waals surface area contributed by atoms with Gasteiger partial charge in [-0.3, -0.25) is 4.90 Å². The molecule has 0 amide bonds. The Labute approximate surface area is 97.6 Å². The summed E-state index contributed by atoms with van der Waals surface area (Å²) in [6.07, 6.45) is 4.08. The van der Waals surface area contributed by atoms with Gasteiger partial charge in [-0.15, -0.1) is 0 Å². The van der Waals surface area contributed by atoms with Gasteiger partial charge in [-0.1, -0.05) is 30.3 Å². The van der Waals surface area contributed by atoms with Crippen LogP contribution in [0.5, 0.6) is 0 Å². The molecule has 1 spiro atoms. The fraction of sp³-hybridized carbons (Fsp3) is 0.571. The van der Waals surface area contributed by atoms with Crippen LogP contribution in [0.3, 0.4) is 0 Å². The van der Waals surface area contributed by atoms with Gasteiger partial charge in [-0.2, -0.15) is 0 Å². The van der Waals surface area contributed by atoms with E-state index in [-0.39, 0.29) is 0 Å². The largest absolute Gasteiger partial charge is 0.315 e. The average Bonchev–Trinajstić information content (AvgIpc) is 2.93. The number of hydrogen-bond donors (Lipinski definition) is 1. The first-order valence-electron chi connectivity index (χ1n) is 6.39. The van der Waals surface area contributed by atoms with E-state index in [4.69, 9.17) is 0 Å². The molecule has 0 radical (unpaired) electrons. The molecule has 0 unspecified atom stereocenters. The molecule has 2 nitrogen and oxygen atoms in total. The summed E-state index contributed by atoms with van der Waals surface area (Å²) in [6, 6.07) is 10.9. The number of rotatable bonds is 2. The van der Waals surface area contributed by atoms with Crippen LogP contribution in [-0.2, 0) is 6.54 Å². The van der Waals surface area contributed by atoms with Crippen molar-refractivity contribution in [2.24, 2.45) is 0 Å². The Bertz CT molecular complexity index is 336. The van der Waals surface area contributed by atoms with Gasteiger partial charge >= 0.3 is 0 Å². The van der Waals surface area contributed by atoms with Crippen LogP contribution in [0, 0.1) is 0 Å². The van der Waals surface area contributed by atoms with Gasteiger partial charge in [0, 0.05) is 18.6 Å². The lowest BCUT2D eigenvalue weighted by Crippen LogP contribution is -2.44. The Kier molecular flexibility index (Phi) is 2.70. The molecule has 86 valence electrons. The molecule has 0 aromatic heterocycles. The molecule has 2 aliphatic heterocycles. The van der Waals surface area contributed by atoms with E-state index < -0.39 is 0 Å². The lowest BCUT2D eigenvalue weighted by Gasteiger charge is -2.34. The second kappa shape index (κ2) is 4.19. The summed E-state index contributed by atoms with van der Waals surface area (Å²) in [5.41, 5.74) is 1.94. The van der Waals surface area contributed by atoms with Crippen LogP contribution >= 0.6 is 0 Å². The van der Waals surface area contributed by atoms with Gasteiger partial charge in [0.1, 0.15) is 0 Å². The highest BCUT2D eigenvalue weighted by Crippen LogP contribution is 2.35. The van der Waals surface area contributed by atoms with Gasteiger partial charge in [-0.25, -0.2) is 0 Å². The average molecular weight is 216 g/mol. The van der Waals surface area contributed by atoms with E-state index in [1.807, 2.05) is 0 Å². The summed E-state index contributed by atoms with van der Waals surface area (Å²) in [5, 5.41) is 3.53. The highest BCUT2D eigenvalue weighted by atomic mass is 15.3. The predicted molar refractivity (Wildman–Crippen MR) is 66.3 cm³/mol. The molecule has 0 saturated carbocycles. The van der Waals surface area contributed by atoms with Gasteiger partial charge in [0.2, 0.25) is 0 Å². The molecule has 2 heterocycles. The first-order chi connectivity index (χ1) is 7.89. The fourth-order valence-electron chi connectivity index (χ4n) is 3.26. The second-order valence-electron chi connectivity index (χ2n) is 5.16. The first kappa shape index (κ1) is 10.3. The SMILES string of the molecule is c1ccc(CN2CCC[C@]23CCNC3)cc1. The second-order valence-corrected chi connectivity index (χ2v) is 5.16. The van der Waals surface area contributed by atoms with Crippen molar-refractivity contribution in [2.45, 2.75) is 31.3 Å². The molecular formula is C14H20N2. The van der Waals surface area contributed by atoms with Gasteiger partial charge < -0.3 is 5.32 Å². The molecule has 1 aromatic rings. The smallest absolute Gasteiger partial charge is 0.0350 e. The number of hydrogen-bond acceptors (Lipinski definition) is 2. The van der Waals surface area contributed by atoms with E-state index >= 15 is 0 Å². The van der Waals surface area contributed by atoms with Crippen LogP contribution in [0.4, 0.5) is 0 Å². The summed E-state index contributed by atoms with van der Waals surface area (Å²) in [6.45, 7) is 4.80. The van der Waals surface area contributed by atoms with E-state index in [0.717, 1.165) is 6.54 Å². The number of benzene rings is 1. The molecular weight excluding hydrogens is 196 g/mol. The van der Waals surface area contributed by atoms with E-state index in [1.165, 1.54) is 44.5 Å². The van der Waals surface area contributed by atoms with Crippen molar-refractivity contribution in [1.29, 1.82) is 0 Å². The van der Waals surface area contributed by atoms with Gasteiger partial charge in [0.15, 0.2) is 0 Å². The minimum Gasteiger partial charge on any atom is -0.315 e. The molecule has 2 heteroatoms. The Morgan fingerprint density at radius 2 is 2.06 bits per heavy atom. The monoisotopic (exact) mass is 216 g/mol. The van der Waals surface area contributed by atoms with E-state index in [2.05, 4.69) is 40.5 Å². The minimum atomic E-state index is 0.482. The van der Waals surface area contributed by atoms with Gasteiger partial charge in [-0.05, 0) is 37.9 Å². The standard InChI is InChI=1S/C14H20N2/c1-2-5-13(6-3-1)11-16-10-4-7-14(16)8-9-15-12-14/h1-3,5-6,15H,4,7-12H2/t14-/m1/s1. The molecule has 0 bridgehead atoms. The van der Waals surface area contributed by atoms with Crippen LogP contribution < -0.4 is 5.32 Å². The van der Waals surface area contributed by atoms with E-state index in [9.17, 15) is 0 Å². The van der Waals surface area contributed by atoms with Crippen molar-refractivity contribution in [3.8, 4) is 0 Å². The van der Waals surface area contributed by atoms with Crippen molar-refractivity contribution in [3.63, 3.8) is 0 Å². The predicted octanol–water partition coefficient (Wildman–Crippen LogP) is 2.01. The zero-order valence-corrected chi connectivity index (χ0v) is 9.78. The molecule has 2 aliphatic rings. The van der Waals surface area contributed by atoms with E-state index in [1.54, 1.807) is 0 Å². The molecule has 16 heavy (non-hydrogen) atoms. The Morgan fingerprint density at radius 1 is 1.19 bits per heavy atom. The maximum Gasteiger partial charge on any atom is 0.0350 e. The van der Waals surface area contributed by atoms with Crippen molar-refractivity contribution < 1.29 is 0 Å². The summed E-state index contributed by atoms with van der Waals surface area (Å²) in [5.74, 6) is 0. The topological polar surface area (TPSA) is 15.3 Å². The number of nitrogens with zero attached hydrogens (tertiary/aromatic N) is 1. The first-order valence-corrected chi connectivity index (χ1v) is 6.39. The molecule has 2 fully saturated rings. The zero-order chi connectivity index (χ0) is 10.8. The van der Waals surface area contributed by atoms with E-state index in [0.29, 0.717) is 5.54 Å². The Morgan fingerprint density at radius 3 is 2.81 bits per heavy atom. The summed E-state index contributed by atoms with van der Waals surface area (Å²) in [4.78, 5) is 2.70. The lowest BCUT2D eigenvalue weighted by molar-refractivity contribution is 0.148. The quantitative estimate of drug-likeness (QED) is 0.813. The van der Waals surface area contributed by atoms with Crippen LogP contribution in [-0.4, -0.2) is 30.1 Å². The lowest BCUT2D eigenvalue weighted by atomic mass is 9.95. The fourth-order valence-corrected chi connectivity index (χ4v) is 3.26. The highest BCUT2D eigenvalue weighted by Gasteiger charge is 2.42. The Balaban J connectivity index is 1.75. The van der Waals surface area contributed by atoms with Crippen molar-refractivity contribution in [2.75, 3.05) is 19.6 Å². The third-order valence-electron chi connectivity index (χ3n) is 4.18. The summed E-state index contributed by atoms with van der Waals surface area (Å²) < 4.78 is 0. The third-order valence-corrected chi connectivity index (χ3v) is 4.18. The maximum absolute atomic E-state index is 3.53. The molecule has 1 aromatic carbocycles. The normalized spacial score (nSPS) is 30.2. The Hall–Kier alpha value is -0.860.